The summed E-state index contributed by atoms with van der Waals surface area (Å²) in [5, 5.41) is 21.3. The van der Waals surface area contributed by atoms with Crippen molar-refractivity contribution in [2.45, 2.75) is 19.3 Å². The number of hydrogen-bond donors (Lipinski definition) is 3. The van der Waals surface area contributed by atoms with E-state index < -0.39 is 12.3 Å². The van der Waals surface area contributed by atoms with E-state index in [1.807, 2.05) is 0 Å². The molecule has 1 heterocycles. The molecule has 4 nitrogen and oxygen atoms in total. The van der Waals surface area contributed by atoms with E-state index in [0.717, 1.165) is 0 Å². The Bertz CT molecular complexity index is 140. The summed E-state index contributed by atoms with van der Waals surface area (Å²) >= 11 is 1.35. The Morgan fingerprint density at radius 3 is 2.70 bits per heavy atom. The predicted octanol–water partition coefficient (Wildman–Crippen LogP) is -0.375. The van der Waals surface area contributed by atoms with Crippen molar-refractivity contribution < 1.29 is 10.2 Å². The van der Waals surface area contributed by atoms with Gasteiger partial charge in [0.1, 0.15) is 0 Å². The van der Waals surface area contributed by atoms with Gasteiger partial charge in [0.25, 0.3) is 0 Å². The molecule has 0 bridgehead atoms. The van der Waals surface area contributed by atoms with Crippen LogP contribution in [0.5, 0.6) is 0 Å². The van der Waals surface area contributed by atoms with Crippen LogP contribution in [0, 0.1) is 0 Å². The van der Waals surface area contributed by atoms with E-state index in [2.05, 4.69) is 4.83 Å². The summed E-state index contributed by atoms with van der Waals surface area (Å²) in [6, 6.07) is 0. The van der Waals surface area contributed by atoms with Crippen molar-refractivity contribution in [2.24, 2.45) is 0 Å². The van der Waals surface area contributed by atoms with Crippen LogP contribution in [0.15, 0.2) is 11.6 Å². The van der Waals surface area contributed by atoms with E-state index in [-0.39, 0.29) is 0 Å². The van der Waals surface area contributed by atoms with Gasteiger partial charge in [-0.05, 0) is 18.9 Å². The Labute approximate surface area is 63.6 Å². The van der Waals surface area contributed by atoms with Crippen molar-refractivity contribution in [2.75, 3.05) is 0 Å². The molecule has 0 saturated carbocycles. The fraction of sp³-hybridized carbons (Fsp3) is 0.600. The third-order valence-electron chi connectivity index (χ3n) is 1.16. The zero-order valence-corrected chi connectivity index (χ0v) is 6.38. The molecule has 58 valence electrons. The monoisotopic (exact) mass is 162 g/mol. The molecule has 0 aliphatic carbocycles. The molecule has 0 fully saturated rings. The molecule has 0 amide bonds. The van der Waals surface area contributed by atoms with Crippen LogP contribution in [0.3, 0.4) is 0 Å². The predicted molar refractivity (Wildman–Crippen MR) is 39.4 cm³/mol. The zero-order valence-electron chi connectivity index (χ0n) is 5.56. The number of nitrogens with zero attached hydrogens (tertiary/aromatic N) is 1. The number of rotatable bonds is 2. The van der Waals surface area contributed by atoms with Crippen LogP contribution < -0.4 is 4.83 Å². The van der Waals surface area contributed by atoms with Crippen LogP contribution in [0.1, 0.15) is 6.92 Å². The second-order valence-electron chi connectivity index (χ2n) is 2.06. The second kappa shape index (κ2) is 3.25. The fourth-order valence-corrected chi connectivity index (χ4v) is 1.14. The molecule has 2 unspecified atom stereocenters. The van der Waals surface area contributed by atoms with Crippen LogP contribution in [0.2, 0.25) is 0 Å². The van der Waals surface area contributed by atoms with E-state index in [4.69, 9.17) is 5.11 Å². The van der Waals surface area contributed by atoms with Gasteiger partial charge in [-0.25, -0.2) is 0 Å². The van der Waals surface area contributed by atoms with Crippen molar-refractivity contribution >= 4 is 11.9 Å². The minimum atomic E-state index is -0.869. The van der Waals surface area contributed by atoms with Gasteiger partial charge in [-0.1, -0.05) is 0 Å². The SMILES string of the molecule is CC(O)C(O)N1C=CSN1. The molecule has 0 spiro atoms. The molecule has 0 radical (unpaired) electrons. The minimum absolute atomic E-state index is 0.754. The van der Waals surface area contributed by atoms with Gasteiger partial charge >= 0.3 is 0 Å². The molecule has 2 atom stereocenters. The maximum Gasteiger partial charge on any atom is 0.166 e. The first-order valence-electron chi connectivity index (χ1n) is 2.94. The van der Waals surface area contributed by atoms with Gasteiger partial charge in [-0.2, -0.15) is 4.83 Å². The van der Waals surface area contributed by atoms with Gasteiger partial charge < -0.3 is 10.2 Å². The Morgan fingerprint density at radius 1 is 1.60 bits per heavy atom. The molecule has 3 N–H and O–H groups in total. The summed E-state index contributed by atoms with van der Waals surface area (Å²) in [5.41, 5.74) is 0. The molecule has 5 heteroatoms. The largest absolute Gasteiger partial charge is 0.389 e. The lowest BCUT2D eigenvalue weighted by atomic mass is 10.3. The summed E-state index contributed by atoms with van der Waals surface area (Å²) in [4.78, 5) is 2.77. The summed E-state index contributed by atoms with van der Waals surface area (Å²) in [7, 11) is 0. The molecule has 1 aliphatic heterocycles. The topological polar surface area (TPSA) is 55.7 Å². The number of hydrazine groups is 1. The molecule has 0 aromatic carbocycles. The highest BCUT2D eigenvalue weighted by Crippen LogP contribution is 2.11. The average Bonchev–Trinajstić information content (AvgIpc) is 2.36. The first-order chi connectivity index (χ1) is 4.72. The van der Waals surface area contributed by atoms with Gasteiger partial charge in [0.05, 0.1) is 6.10 Å². The Hall–Kier alpha value is -0.230. The molecular weight excluding hydrogens is 152 g/mol. The van der Waals surface area contributed by atoms with Crippen molar-refractivity contribution in [3.05, 3.63) is 11.6 Å². The molecule has 0 aromatic heterocycles. The maximum atomic E-state index is 9.18. The summed E-state index contributed by atoms with van der Waals surface area (Å²) < 4.78 is 0. The van der Waals surface area contributed by atoms with Crippen molar-refractivity contribution in [3.63, 3.8) is 0 Å². The Kier molecular flexibility index (Phi) is 2.56. The highest BCUT2D eigenvalue weighted by molar-refractivity contribution is 8.00. The Balaban J connectivity index is 2.40. The van der Waals surface area contributed by atoms with E-state index in [0.29, 0.717) is 0 Å². The molecule has 1 aliphatic rings. The Morgan fingerprint density at radius 2 is 2.30 bits per heavy atom. The van der Waals surface area contributed by atoms with E-state index >= 15 is 0 Å². The molecule has 0 saturated heterocycles. The fourth-order valence-electron chi connectivity index (χ4n) is 0.592. The molecule has 10 heavy (non-hydrogen) atoms. The van der Waals surface area contributed by atoms with Crippen molar-refractivity contribution in [1.29, 1.82) is 0 Å². The number of nitrogens with one attached hydrogen (secondary N) is 1. The zero-order chi connectivity index (χ0) is 7.56. The average molecular weight is 162 g/mol. The van der Waals surface area contributed by atoms with Crippen LogP contribution in [-0.4, -0.2) is 27.6 Å². The van der Waals surface area contributed by atoms with Crippen LogP contribution in [0.25, 0.3) is 0 Å². The lowest BCUT2D eigenvalue weighted by Crippen LogP contribution is -2.42. The van der Waals surface area contributed by atoms with Gasteiger partial charge in [-0.3, -0.25) is 5.01 Å². The van der Waals surface area contributed by atoms with E-state index in [1.165, 1.54) is 23.9 Å². The first kappa shape index (κ1) is 7.87. The summed E-state index contributed by atoms with van der Waals surface area (Å²) in [6.07, 6.45) is 0.0456. The maximum absolute atomic E-state index is 9.18. The van der Waals surface area contributed by atoms with Crippen LogP contribution in [0.4, 0.5) is 0 Å². The first-order valence-corrected chi connectivity index (χ1v) is 3.82. The number of hydrogen-bond acceptors (Lipinski definition) is 5. The third kappa shape index (κ3) is 1.63. The van der Waals surface area contributed by atoms with Crippen LogP contribution >= 0.6 is 11.9 Å². The third-order valence-corrected chi connectivity index (χ3v) is 1.74. The lowest BCUT2D eigenvalue weighted by Gasteiger charge is -2.23. The summed E-state index contributed by atoms with van der Waals surface area (Å²) in [5.74, 6) is 0. The number of aliphatic hydroxyl groups excluding tert-OH is 2. The van der Waals surface area contributed by atoms with Crippen molar-refractivity contribution in [1.82, 2.24) is 9.84 Å². The van der Waals surface area contributed by atoms with Gasteiger partial charge in [0, 0.05) is 11.6 Å². The lowest BCUT2D eigenvalue weighted by molar-refractivity contribution is -0.0607. The molecular formula is C5H10N2O2S. The highest BCUT2D eigenvalue weighted by atomic mass is 32.2. The highest BCUT2D eigenvalue weighted by Gasteiger charge is 2.18. The van der Waals surface area contributed by atoms with Crippen molar-refractivity contribution in [3.8, 4) is 0 Å². The van der Waals surface area contributed by atoms with Gasteiger partial charge in [0.15, 0.2) is 6.23 Å². The van der Waals surface area contributed by atoms with Crippen LogP contribution in [-0.2, 0) is 0 Å². The van der Waals surface area contributed by atoms with E-state index in [1.54, 1.807) is 11.6 Å². The quantitative estimate of drug-likeness (QED) is 0.483. The smallest absolute Gasteiger partial charge is 0.166 e. The second-order valence-corrected chi connectivity index (χ2v) is 2.75. The molecule has 1 rings (SSSR count). The standard InChI is InChI=1S/C5H10N2O2S/c1-4(8)5(9)7-2-3-10-6-7/h2-6,8-9H,1H3. The summed E-state index contributed by atoms with van der Waals surface area (Å²) in [6.45, 7) is 1.53. The van der Waals surface area contributed by atoms with E-state index in [9.17, 15) is 5.11 Å². The van der Waals surface area contributed by atoms with Gasteiger partial charge in [-0.15, -0.1) is 0 Å². The number of aliphatic hydroxyl groups is 2. The molecule has 0 aromatic rings. The van der Waals surface area contributed by atoms with Gasteiger partial charge in [0.2, 0.25) is 0 Å². The minimum Gasteiger partial charge on any atom is -0.389 e. The normalized spacial score (nSPS) is 23.3.